The molecule has 1 rings (SSSR count). The van der Waals surface area contributed by atoms with Crippen LogP contribution >= 0.6 is 0 Å². The van der Waals surface area contributed by atoms with Crippen molar-refractivity contribution < 1.29 is 33.5 Å². The predicted molar refractivity (Wildman–Crippen MR) is 76.8 cm³/mol. The van der Waals surface area contributed by atoms with E-state index < -0.39 is 36.0 Å². The standard InChI is InChI=1S/C14H17NO8/c1-9(15(18)19)10(2)23-14(17)22-8-21-13(16)11-4-6-12(20-3)7-5-11/h4-7,9-10H,8H2,1-3H3/t9?,10-/m1/s1. The van der Waals surface area contributed by atoms with Gasteiger partial charge in [-0.05, 0) is 31.2 Å². The lowest BCUT2D eigenvalue weighted by Gasteiger charge is -2.14. The maximum atomic E-state index is 11.7. The number of hydrogen-bond acceptors (Lipinski definition) is 8. The van der Waals surface area contributed by atoms with E-state index in [0.29, 0.717) is 5.75 Å². The Kier molecular flexibility index (Phi) is 6.78. The molecule has 0 bridgehead atoms. The van der Waals surface area contributed by atoms with E-state index in [2.05, 4.69) is 9.47 Å². The van der Waals surface area contributed by atoms with Crippen LogP contribution in [0.5, 0.6) is 5.75 Å². The van der Waals surface area contributed by atoms with E-state index in [1.54, 1.807) is 12.1 Å². The molecule has 0 saturated carbocycles. The molecule has 0 fully saturated rings. The van der Waals surface area contributed by atoms with E-state index in [1.807, 2.05) is 0 Å². The molecule has 0 N–H and O–H groups in total. The summed E-state index contributed by atoms with van der Waals surface area (Å²) in [4.78, 5) is 32.9. The maximum absolute atomic E-state index is 11.7. The molecule has 0 radical (unpaired) electrons. The van der Waals surface area contributed by atoms with Gasteiger partial charge in [-0.25, -0.2) is 9.59 Å². The van der Waals surface area contributed by atoms with Gasteiger partial charge in [0.1, 0.15) is 5.75 Å². The molecule has 0 aliphatic rings. The van der Waals surface area contributed by atoms with Gasteiger partial charge in [0.15, 0.2) is 6.10 Å². The topological polar surface area (TPSA) is 114 Å². The van der Waals surface area contributed by atoms with Gasteiger partial charge >= 0.3 is 12.1 Å². The minimum atomic E-state index is -1.16. The summed E-state index contributed by atoms with van der Waals surface area (Å²) in [6.07, 6.45) is -2.14. The second kappa shape index (κ2) is 8.57. The maximum Gasteiger partial charge on any atom is 0.511 e. The molecule has 1 aromatic carbocycles. The molecule has 0 aliphatic carbocycles. The zero-order valence-electron chi connectivity index (χ0n) is 12.9. The Hall–Kier alpha value is -2.84. The van der Waals surface area contributed by atoms with Crippen molar-refractivity contribution >= 4 is 12.1 Å². The van der Waals surface area contributed by atoms with Crippen LogP contribution in [0.4, 0.5) is 4.79 Å². The molecular weight excluding hydrogens is 310 g/mol. The number of rotatable bonds is 7. The van der Waals surface area contributed by atoms with Crippen LogP contribution in [-0.4, -0.2) is 43.1 Å². The molecule has 9 nitrogen and oxygen atoms in total. The largest absolute Gasteiger partial charge is 0.511 e. The van der Waals surface area contributed by atoms with Crippen molar-refractivity contribution in [1.29, 1.82) is 0 Å². The molecule has 0 aliphatic heterocycles. The van der Waals surface area contributed by atoms with Gasteiger partial charge in [0.05, 0.1) is 12.7 Å². The lowest BCUT2D eigenvalue weighted by Crippen LogP contribution is -2.32. The first-order valence-corrected chi connectivity index (χ1v) is 6.63. The van der Waals surface area contributed by atoms with Gasteiger partial charge in [0.25, 0.3) is 0 Å². The Morgan fingerprint density at radius 3 is 2.30 bits per heavy atom. The highest BCUT2D eigenvalue weighted by Crippen LogP contribution is 2.12. The fraction of sp³-hybridized carbons (Fsp3) is 0.429. The highest BCUT2D eigenvalue weighted by atomic mass is 16.8. The number of ether oxygens (including phenoxy) is 4. The third kappa shape index (κ3) is 5.81. The first-order valence-electron chi connectivity index (χ1n) is 6.63. The zero-order valence-corrected chi connectivity index (χ0v) is 12.9. The Morgan fingerprint density at radius 2 is 1.78 bits per heavy atom. The molecule has 0 saturated heterocycles. The van der Waals surface area contributed by atoms with Crippen LogP contribution in [-0.2, 0) is 14.2 Å². The molecule has 0 heterocycles. The number of carbonyl (C=O) groups is 2. The number of methoxy groups -OCH3 is 1. The summed E-state index contributed by atoms with van der Waals surface area (Å²) in [5.41, 5.74) is 0.248. The quantitative estimate of drug-likeness (QED) is 0.323. The van der Waals surface area contributed by atoms with Gasteiger partial charge in [-0.3, -0.25) is 10.1 Å². The van der Waals surface area contributed by atoms with Crippen LogP contribution < -0.4 is 4.74 Å². The summed E-state index contributed by atoms with van der Waals surface area (Å²) in [5, 5.41) is 10.5. The molecule has 0 amide bonds. The first kappa shape index (κ1) is 18.2. The van der Waals surface area contributed by atoms with Crippen molar-refractivity contribution in [3.05, 3.63) is 39.9 Å². The molecular formula is C14H17NO8. The average Bonchev–Trinajstić information content (AvgIpc) is 2.53. The summed E-state index contributed by atoms with van der Waals surface area (Å²) >= 11 is 0. The Labute approximate surface area is 132 Å². The number of nitrogens with zero attached hydrogens (tertiary/aromatic N) is 1. The minimum absolute atomic E-state index is 0.248. The molecule has 1 aromatic rings. The minimum Gasteiger partial charge on any atom is -0.497 e. The van der Waals surface area contributed by atoms with Crippen LogP contribution in [0.2, 0.25) is 0 Å². The van der Waals surface area contributed by atoms with Gasteiger partial charge in [-0.2, -0.15) is 0 Å². The normalized spacial score (nSPS) is 12.7. The van der Waals surface area contributed by atoms with Crippen molar-refractivity contribution in [2.45, 2.75) is 26.0 Å². The van der Waals surface area contributed by atoms with Crippen molar-refractivity contribution in [1.82, 2.24) is 0 Å². The average molecular weight is 327 g/mol. The zero-order chi connectivity index (χ0) is 17.4. The molecule has 126 valence electrons. The molecule has 23 heavy (non-hydrogen) atoms. The Balaban J connectivity index is 2.36. The van der Waals surface area contributed by atoms with Crippen LogP contribution in [0.15, 0.2) is 24.3 Å². The molecule has 0 spiro atoms. The van der Waals surface area contributed by atoms with Crippen LogP contribution in [0.25, 0.3) is 0 Å². The SMILES string of the molecule is COc1ccc(C(=O)OCOC(=O)O[C@H](C)C(C)[N+](=O)[O-])cc1. The first-order chi connectivity index (χ1) is 10.8. The van der Waals surface area contributed by atoms with E-state index in [4.69, 9.17) is 9.47 Å². The van der Waals surface area contributed by atoms with Crippen molar-refractivity contribution in [2.24, 2.45) is 0 Å². The number of benzene rings is 1. The third-order valence-corrected chi connectivity index (χ3v) is 2.99. The summed E-state index contributed by atoms with van der Waals surface area (Å²) in [6, 6.07) is 5.05. The van der Waals surface area contributed by atoms with Crippen LogP contribution in [0.3, 0.4) is 0 Å². The Bertz CT molecular complexity index is 556. The Morgan fingerprint density at radius 1 is 1.17 bits per heavy atom. The van der Waals surface area contributed by atoms with E-state index >= 15 is 0 Å². The van der Waals surface area contributed by atoms with Gasteiger partial charge in [-0.1, -0.05) is 0 Å². The second-order valence-corrected chi connectivity index (χ2v) is 4.52. The van der Waals surface area contributed by atoms with Crippen LogP contribution in [0, 0.1) is 10.1 Å². The fourth-order valence-electron chi connectivity index (χ4n) is 1.40. The summed E-state index contributed by atoms with van der Waals surface area (Å²) in [7, 11) is 1.49. The summed E-state index contributed by atoms with van der Waals surface area (Å²) in [5.74, 6) is -0.123. The number of esters is 1. The van der Waals surface area contributed by atoms with E-state index in [9.17, 15) is 19.7 Å². The molecule has 0 aromatic heterocycles. The number of nitro groups is 1. The molecule has 1 unspecified atom stereocenters. The molecule has 9 heteroatoms. The van der Waals surface area contributed by atoms with Crippen LogP contribution in [0.1, 0.15) is 24.2 Å². The monoisotopic (exact) mass is 327 g/mol. The lowest BCUT2D eigenvalue weighted by molar-refractivity contribution is -0.528. The van der Waals surface area contributed by atoms with E-state index in [0.717, 1.165) is 0 Å². The highest BCUT2D eigenvalue weighted by Gasteiger charge is 2.26. The summed E-state index contributed by atoms with van der Waals surface area (Å²) < 4.78 is 18.9. The smallest absolute Gasteiger partial charge is 0.497 e. The van der Waals surface area contributed by atoms with E-state index in [1.165, 1.54) is 33.1 Å². The van der Waals surface area contributed by atoms with Crippen molar-refractivity contribution in [2.75, 3.05) is 13.9 Å². The van der Waals surface area contributed by atoms with Gasteiger partial charge in [0, 0.05) is 11.8 Å². The summed E-state index contributed by atoms with van der Waals surface area (Å²) in [6.45, 7) is 1.99. The van der Waals surface area contributed by atoms with Gasteiger partial charge < -0.3 is 18.9 Å². The lowest BCUT2D eigenvalue weighted by atomic mass is 10.2. The third-order valence-electron chi connectivity index (χ3n) is 2.99. The van der Waals surface area contributed by atoms with Gasteiger partial charge in [0.2, 0.25) is 12.8 Å². The van der Waals surface area contributed by atoms with Crippen molar-refractivity contribution in [3.8, 4) is 5.75 Å². The van der Waals surface area contributed by atoms with Crippen molar-refractivity contribution in [3.63, 3.8) is 0 Å². The van der Waals surface area contributed by atoms with Gasteiger partial charge in [-0.15, -0.1) is 0 Å². The van der Waals surface area contributed by atoms with E-state index in [-0.39, 0.29) is 5.56 Å². The fourth-order valence-corrected chi connectivity index (χ4v) is 1.40. The highest BCUT2D eigenvalue weighted by molar-refractivity contribution is 5.89. The number of hydrogen-bond donors (Lipinski definition) is 0. The predicted octanol–water partition coefficient (Wildman–Crippen LogP) is 2.02. The molecule has 2 atom stereocenters. The number of carbonyl (C=O) groups excluding carboxylic acids is 2. The second-order valence-electron chi connectivity index (χ2n) is 4.52.